The number of nitrogen functional groups attached to an aromatic ring is 1. The Morgan fingerprint density at radius 3 is 2.59 bits per heavy atom. The van der Waals surface area contributed by atoms with E-state index in [4.69, 9.17) is 22.1 Å². The fraction of sp³-hybridized carbons (Fsp3) is 0.154. The lowest BCUT2D eigenvalue weighted by molar-refractivity contribution is 0.104. The fourth-order valence-corrected chi connectivity index (χ4v) is 1.56. The van der Waals surface area contributed by atoms with Crippen LogP contribution in [0.2, 0.25) is 5.02 Å². The van der Waals surface area contributed by atoms with Crippen LogP contribution in [0.1, 0.15) is 11.3 Å². The molecule has 3 nitrogen and oxygen atoms in total. The Bertz CT molecular complexity index is 485. The van der Waals surface area contributed by atoms with E-state index in [0.717, 1.165) is 16.3 Å². The van der Waals surface area contributed by atoms with Gasteiger partial charge in [0.1, 0.15) is 0 Å². The summed E-state index contributed by atoms with van der Waals surface area (Å²) < 4.78 is 5.54. The molecule has 0 saturated carbocycles. The van der Waals surface area contributed by atoms with Gasteiger partial charge in [-0.25, -0.2) is 0 Å². The van der Waals surface area contributed by atoms with Gasteiger partial charge in [-0.3, -0.25) is 4.98 Å². The number of nitrogens with two attached hydrogens (primary N) is 1. The molecule has 2 N–H and O–H groups in total. The first-order valence-corrected chi connectivity index (χ1v) is 5.64. The molecule has 0 aliphatic carbocycles. The smallest absolute Gasteiger partial charge is 0.0893 e. The zero-order valence-electron chi connectivity index (χ0n) is 9.27. The van der Waals surface area contributed by atoms with Crippen LogP contribution in [0.3, 0.4) is 0 Å². The number of benzene rings is 1. The molecule has 2 rings (SSSR count). The Hall–Kier alpha value is -1.58. The lowest BCUT2D eigenvalue weighted by Crippen LogP contribution is -1.97. The average Bonchev–Trinajstić information content (AvgIpc) is 2.32. The highest BCUT2D eigenvalue weighted by molar-refractivity contribution is 6.30. The highest BCUT2D eigenvalue weighted by Gasteiger charge is 1.97. The van der Waals surface area contributed by atoms with Crippen LogP contribution in [0, 0.1) is 0 Å². The molecule has 0 fully saturated rings. The molecular weight excluding hydrogens is 236 g/mol. The predicted molar refractivity (Wildman–Crippen MR) is 68.6 cm³/mol. The standard InChI is InChI=1S/C13H13ClN2O/c14-11-3-1-10(2-4-11)8-17-9-13-7-12(15)5-6-16-13/h1-7H,8-9H2,(H2,15,16). The highest BCUT2D eigenvalue weighted by Crippen LogP contribution is 2.11. The number of hydrogen-bond donors (Lipinski definition) is 1. The van der Waals surface area contributed by atoms with Crippen molar-refractivity contribution in [1.82, 2.24) is 4.98 Å². The Morgan fingerprint density at radius 1 is 1.12 bits per heavy atom. The van der Waals surface area contributed by atoms with Crippen molar-refractivity contribution in [3.05, 3.63) is 58.9 Å². The number of hydrogen-bond acceptors (Lipinski definition) is 3. The molecule has 1 aromatic heterocycles. The van der Waals surface area contributed by atoms with Crippen LogP contribution in [0.25, 0.3) is 0 Å². The minimum absolute atomic E-state index is 0.452. The monoisotopic (exact) mass is 248 g/mol. The van der Waals surface area contributed by atoms with Gasteiger partial charge in [0.15, 0.2) is 0 Å². The van der Waals surface area contributed by atoms with Crippen LogP contribution in [0.5, 0.6) is 0 Å². The molecule has 1 heterocycles. The number of aromatic nitrogens is 1. The van der Waals surface area contributed by atoms with E-state index in [1.165, 1.54) is 0 Å². The zero-order valence-corrected chi connectivity index (χ0v) is 10.0. The zero-order chi connectivity index (χ0) is 12.1. The van der Waals surface area contributed by atoms with Gasteiger partial charge in [0, 0.05) is 16.9 Å². The van der Waals surface area contributed by atoms with Crippen LogP contribution in [-0.4, -0.2) is 4.98 Å². The third-order valence-corrected chi connectivity index (χ3v) is 2.52. The van der Waals surface area contributed by atoms with E-state index in [-0.39, 0.29) is 0 Å². The lowest BCUT2D eigenvalue weighted by Gasteiger charge is -2.04. The van der Waals surface area contributed by atoms with Gasteiger partial charge in [-0.15, -0.1) is 0 Å². The molecule has 0 saturated heterocycles. The van der Waals surface area contributed by atoms with Crippen molar-refractivity contribution in [2.75, 3.05) is 5.73 Å². The number of ether oxygens (including phenoxy) is 1. The predicted octanol–water partition coefficient (Wildman–Crippen LogP) is 3.03. The number of nitrogens with zero attached hydrogens (tertiary/aromatic N) is 1. The Labute approximate surface area is 105 Å². The highest BCUT2D eigenvalue weighted by atomic mass is 35.5. The van der Waals surface area contributed by atoms with E-state index in [1.807, 2.05) is 30.3 Å². The molecule has 0 spiro atoms. The Kier molecular flexibility index (Phi) is 3.96. The van der Waals surface area contributed by atoms with Crippen LogP contribution >= 0.6 is 11.6 Å². The summed E-state index contributed by atoms with van der Waals surface area (Å²) in [6, 6.07) is 11.1. The maximum atomic E-state index is 5.79. The van der Waals surface area contributed by atoms with Crippen molar-refractivity contribution in [2.24, 2.45) is 0 Å². The molecule has 4 heteroatoms. The fourth-order valence-electron chi connectivity index (χ4n) is 1.43. The SMILES string of the molecule is Nc1ccnc(COCc2ccc(Cl)cc2)c1. The van der Waals surface area contributed by atoms with Crippen molar-refractivity contribution in [3.63, 3.8) is 0 Å². The van der Waals surface area contributed by atoms with Gasteiger partial charge in [0.05, 0.1) is 18.9 Å². The van der Waals surface area contributed by atoms with Gasteiger partial charge in [-0.05, 0) is 29.8 Å². The summed E-state index contributed by atoms with van der Waals surface area (Å²) in [5.41, 5.74) is 8.26. The third-order valence-electron chi connectivity index (χ3n) is 2.27. The van der Waals surface area contributed by atoms with Gasteiger partial charge in [-0.1, -0.05) is 23.7 Å². The lowest BCUT2D eigenvalue weighted by atomic mass is 10.2. The first-order valence-electron chi connectivity index (χ1n) is 5.26. The molecule has 0 aliphatic heterocycles. The van der Waals surface area contributed by atoms with Crippen molar-refractivity contribution >= 4 is 17.3 Å². The summed E-state index contributed by atoms with van der Waals surface area (Å²) in [7, 11) is 0. The maximum absolute atomic E-state index is 5.79. The number of anilines is 1. The number of halogens is 1. The second-order valence-electron chi connectivity index (χ2n) is 3.70. The number of pyridine rings is 1. The summed E-state index contributed by atoms with van der Waals surface area (Å²) >= 11 is 5.79. The van der Waals surface area contributed by atoms with E-state index in [0.29, 0.717) is 18.9 Å². The second kappa shape index (κ2) is 5.66. The summed E-state index contributed by atoms with van der Waals surface area (Å²) in [6.07, 6.45) is 1.68. The van der Waals surface area contributed by atoms with E-state index < -0.39 is 0 Å². The molecule has 0 amide bonds. The molecule has 88 valence electrons. The van der Waals surface area contributed by atoms with Crippen molar-refractivity contribution in [3.8, 4) is 0 Å². The van der Waals surface area contributed by atoms with Gasteiger partial charge < -0.3 is 10.5 Å². The largest absolute Gasteiger partial charge is 0.399 e. The molecule has 0 atom stereocenters. The minimum Gasteiger partial charge on any atom is -0.399 e. The average molecular weight is 249 g/mol. The van der Waals surface area contributed by atoms with E-state index >= 15 is 0 Å². The maximum Gasteiger partial charge on any atom is 0.0893 e. The molecule has 17 heavy (non-hydrogen) atoms. The minimum atomic E-state index is 0.452. The van der Waals surface area contributed by atoms with Gasteiger partial charge in [0.2, 0.25) is 0 Å². The van der Waals surface area contributed by atoms with Crippen LogP contribution in [0.15, 0.2) is 42.6 Å². The van der Waals surface area contributed by atoms with Gasteiger partial charge >= 0.3 is 0 Å². The van der Waals surface area contributed by atoms with Crippen LogP contribution in [0.4, 0.5) is 5.69 Å². The van der Waals surface area contributed by atoms with Crippen molar-refractivity contribution in [2.45, 2.75) is 13.2 Å². The third kappa shape index (κ3) is 3.73. The summed E-state index contributed by atoms with van der Waals surface area (Å²) in [4.78, 5) is 4.16. The molecule has 0 radical (unpaired) electrons. The van der Waals surface area contributed by atoms with E-state index in [9.17, 15) is 0 Å². The topological polar surface area (TPSA) is 48.1 Å². The molecular formula is C13H13ClN2O. The van der Waals surface area contributed by atoms with Crippen molar-refractivity contribution in [1.29, 1.82) is 0 Å². The van der Waals surface area contributed by atoms with Crippen LogP contribution in [-0.2, 0) is 18.0 Å². The molecule has 0 unspecified atom stereocenters. The summed E-state index contributed by atoms with van der Waals surface area (Å²) in [6.45, 7) is 0.987. The Morgan fingerprint density at radius 2 is 1.88 bits per heavy atom. The van der Waals surface area contributed by atoms with Gasteiger partial charge in [0.25, 0.3) is 0 Å². The quantitative estimate of drug-likeness (QED) is 0.905. The molecule has 0 bridgehead atoms. The van der Waals surface area contributed by atoms with E-state index in [2.05, 4.69) is 4.98 Å². The Balaban J connectivity index is 1.85. The van der Waals surface area contributed by atoms with Gasteiger partial charge in [-0.2, -0.15) is 0 Å². The molecule has 0 aliphatic rings. The summed E-state index contributed by atoms with van der Waals surface area (Å²) in [5, 5.41) is 0.728. The summed E-state index contributed by atoms with van der Waals surface area (Å²) in [5.74, 6) is 0. The van der Waals surface area contributed by atoms with Crippen LogP contribution < -0.4 is 5.73 Å². The second-order valence-corrected chi connectivity index (χ2v) is 4.14. The van der Waals surface area contributed by atoms with Crippen molar-refractivity contribution < 1.29 is 4.74 Å². The normalized spacial score (nSPS) is 10.4. The first kappa shape index (κ1) is 11.9. The first-order chi connectivity index (χ1) is 8.24. The molecule has 1 aromatic carbocycles. The molecule has 2 aromatic rings. The number of rotatable bonds is 4. The van der Waals surface area contributed by atoms with E-state index in [1.54, 1.807) is 12.3 Å².